The normalized spacial score (nSPS) is 35.8. The van der Waals surface area contributed by atoms with E-state index in [1.54, 1.807) is 18.3 Å². The third-order valence-electron chi connectivity index (χ3n) is 7.78. The summed E-state index contributed by atoms with van der Waals surface area (Å²) in [5, 5.41) is 10.0. The molecule has 3 N–H and O–H groups in total. The van der Waals surface area contributed by atoms with Gasteiger partial charge in [-0.1, -0.05) is 6.92 Å². The third-order valence-corrected chi connectivity index (χ3v) is 7.78. The maximum Gasteiger partial charge on any atom is 0.256 e. The Balaban J connectivity index is 1.28. The van der Waals surface area contributed by atoms with Crippen molar-refractivity contribution in [2.75, 3.05) is 31.5 Å². The zero-order chi connectivity index (χ0) is 20.1. The molecule has 2 bridgehead atoms. The lowest BCUT2D eigenvalue weighted by Crippen LogP contribution is -2.70. The van der Waals surface area contributed by atoms with Gasteiger partial charge in [0.2, 0.25) is 5.91 Å². The molecule has 5 aliphatic rings. The van der Waals surface area contributed by atoms with Crippen molar-refractivity contribution >= 4 is 17.6 Å². The molecule has 1 aromatic rings. The van der Waals surface area contributed by atoms with E-state index in [9.17, 15) is 9.59 Å². The summed E-state index contributed by atoms with van der Waals surface area (Å²) in [6.45, 7) is 6.21. The molecule has 3 aliphatic carbocycles. The van der Waals surface area contributed by atoms with Crippen LogP contribution in [-0.4, -0.2) is 53.5 Å². The van der Waals surface area contributed by atoms with E-state index in [2.05, 4.69) is 32.8 Å². The monoisotopic (exact) mass is 397 g/mol. The molecule has 156 valence electrons. The van der Waals surface area contributed by atoms with E-state index < -0.39 is 5.66 Å². The molecule has 0 aromatic carbocycles. The molecule has 1 aromatic heterocycles. The zero-order valence-corrected chi connectivity index (χ0v) is 17.2. The van der Waals surface area contributed by atoms with E-state index >= 15 is 0 Å². The van der Waals surface area contributed by atoms with Gasteiger partial charge in [-0.2, -0.15) is 0 Å². The smallest absolute Gasteiger partial charge is 0.256 e. The summed E-state index contributed by atoms with van der Waals surface area (Å²) in [4.78, 5) is 32.6. The number of amides is 2. The Hall–Kier alpha value is -2.15. The Kier molecular flexibility index (Phi) is 4.53. The minimum atomic E-state index is -0.488. The number of likely N-dealkylation sites (tertiary alicyclic amines) is 1. The fourth-order valence-electron chi connectivity index (χ4n) is 6.19. The number of pyridine rings is 1. The number of nitrogens with one attached hydrogen (secondary N) is 3. The van der Waals surface area contributed by atoms with Crippen LogP contribution in [0.4, 0.5) is 5.82 Å². The Morgan fingerprint density at radius 2 is 2.17 bits per heavy atom. The van der Waals surface area contributed by atoms with Gasteiger partial charge >= 0.3 is 0 Å². The van der Waals surface area contributed by atoms with Gasteiger partial charge in [0.25, 0.3) is 5.91 Å². The highest BCUT2D eigenvalue weighted by Crippen LogP contribution is 2.58. The van der Waals surface area contributed by atoms with Gasteiger partial charge in [-0.15, -0.1) is 0 Å². The highest BCUT2D eigenvalue weighted by molar-refractivity contribution is 6.01. The Bertz CT molecular complexity index is 823. The van der Waals surface area contributed by atoms with Crippen LogP contribution in [0.2, 0.25) is 0 Å². The summed E-state index contributed by atoms with van der Waals surface area (Å²) in [5.74, 6) is 1.03. The lowest BCUT2D eigenvalue weighted by atomic mass is 9.51. The summed E-state index contributed by atoms with van der Waals surface area (Å²) in [5.41, 5.74) is -0.0162. The minimum absolute atomic E-state index is 0.00860. The highest BCUT2D eigenvalue weighted by atomic mass is 16.2. The maximum atomic E-state index is 13.1. The van der Waals surface area contributed by atoms with Crippen molar-refractivity contribution in [2.24, 2.45) is 17.3 Å². The molecule has 7 heteroatoms. The van der Waals surface area contributed by atoms with Crippen molar-refractivity contribution in [1.82, 2.24) is 20.5 Å². The molecule has 3 saturated carbocycles. The van der Waals surface area contributed by atoms with Crippen molar-refractivity contribution in [3.05, 3.63) is 23.9 Å². The van der Waals surface area contributed by atoms with E-state index in [1.807, 2.05) is 0 Å². The predicted octanol–water partition coefficient (Wildman–Crippen LogP) is 1.97. The van der Waals surface area contributed by atoms with E-state index in [0.717, 1.165) is 51.9 Å². The molecule has 0 unspecified atom stereocenters. The second-order valence-corrected chi connectivity index (χ2v) is 9.64. The average Bonchev–Trinajstić information content (AvgIpc) is 3.21. The van der Waals surface area contributed by atoms with Gasteiger partial charge in [0.1, 0.15) is 11.5 Å². The van der Waals surface area contributed by atoms with E-state index in [0.29, 0.717) is 11.4 Å². The topological polar surface area (TPSA) is 86.4 Å². The number of rotatable bonds is 4. The van der Waals surface area contributed by atoms with Gasteiger partial charge in [0, 0.05) is 31.1 Å². The highest BCUT2D eigenvalue weighted by Gasteiger charge is 2.60. The number of anilines is 1. The second-order valence-electron chi connectivity index (χ2n) is 9.64. The van der Waals surface area contributed by atoms with E-state index in [4.69, 9.17) is 0 Å². The molecule has 6 rings (SSSR count). The second kappa shape index (κ2) is 6.97. The number of carbonyl (C=O) groups excluding carboxylic acids is 2. The molecule has 0 radical (unpaired) electrons. The molecular weight excluding hydrogens is 366 g/mol. The van der Waals surface area contributed by atoms with Crippen LogP contribution in [0.15, 0.2) is 18.3 Å². The zero-order valence-electron chi connectivity index (χ0n) is 17.2. The van der Waals surface area contributed by atoms with Crippen LogP contribution in [-0.2, 0) is 4.79 Å². The van der Waals surface area contributed by atoms with Gasteiger partial charge in [-0.3, -0.25) is 9.59 Å². The summed E-state index contributed by atoms with van der Waals surface area (Å²) in [6.07, 6.45) is 7.87. The Morgan fingerprint density at radius 1 is 1.34 bits per heavy atom. The van der Waals surface area contributed by atoms with Gasteiger partial charge < -0.3 is 20.9 Å². The number of carbonyl (C=O) groups is 2. The molecular formula is C22H31N5O2. The molecule has 2 amide bonds. The van der Waals surface area contributed by atoms with Gasteiger partial charge in [-0.25, -0.2) is 4.98 Å². The SMILES string of the molecule is C[C@]12CC[C@H](C[C@@H]1C(=O)NCCN1CCCC1)[C@]1(C2)NC(=O)c2cccnc2N1. The van der Waals surface area contributed by atoms with Crippen LogP contribution in [0.25, 0.3) is 0 Å². The fraction of sp³-hybridized carbons (Fsp3) is 0.682. The fourth-order valence-corrected chi connectivity index (χ4v) is 6.19. The predicted molar refractivity (Wildman–Crippen MR) is 110 cm³/mol. The van der Waals surface area contributed by atoms with Crippen molar-refractivity contribution in [3.63, 3.8) is 0 Å². The van der Waals surface area contributed by atoms with Gasteiger partial charge in [-0.05, 0) is 69.2 Å². The van der Waals surface area contributed by atoms with Crippen molar-refractivity contribution in [1.29, 1.82) is 0 Å². The first-order valence-electron chi connectivity index (χ1n) is 11.0. The molecule has 4 atom stereocenters. The number of hydrogen-bond donors (Lipinski definition) is 3. The molecule has 1 saturated heterocycles. The van der Waals surface area contributed by atoms with Crippen LogP contribution in [0.1, 0.15) is 55.8 Å². The maximum absolute atomic E-state index is 13.1. The van der Waals surface area contributed by atoms with Gasteiger partial charge in [0.15, 0.2) is 0 Å². The summed E-state index contributed by atoms with van der Waals surface area (Å²) in [6, 6.07) is 3.59. The lowest BCUT2D eigenvalue weighted by molar-refractivity contribution is -0.139. The summed E-state index contributed by atoms with van der Waals surface area (Å²) < 4.78 is 0. The Morgan fingerprint density at radius 3 is 2.97 bits per heavy atom. The average molecular weight is 398 g/mol. The van der Waals surface area contributed by atoms with E-state index in [1.165, 1.54) is 12.8 Å². The first-order valence-corrected chi connectivity index (χ1v) is 11.0. The van der Waals surface area contributed by atoms with Gasteiger partial charge in [0.05, 0.1) is 5.56 Å². The van der Waals surface area contributed by atoms with Crippen molar-refractivity contribution in [3.8, 4) is 0 Å². The summed E-state index contributed by atoms with van der Waals surface area (Å²) in [7, 11) is 0. The number of hydrogen-bond acceptors (Lipinski definition) is 5. The molecule has 2 aliphatic heterocycles. The molecule has 7 nitrogen and oxygen atoms in total. The van der Waals surface area contributed by atoms with Crippen LogP contribution in [0.5, 0.6) is 0 Å². The lowest BCUT2D eigenvalue weighted by Gasteiger charge is -2.60. The largest absolute Gasteiger partial charge is 0.355 e. The van der Waals surface area contributed by atoms with E-state index in [-0.39, 0.29) is 29.1 Å². The standard InChI is InChI=1S/C22H31N5O2/c1-21-7-6-15(13-17(21)20(29)24-9-12-27-10-2-3-11-27)22(14-21)25-18-16(19(28)26-22)5-4-8-23-18/h4-5,8,15,17H,2-3,6-7,9-14H2,1H3,(H,23,25)(H,24,29)(H,26,28)/t15-,17-,21-,22+/m1/s1. The molecule has 3 heterocycles. The first-order chi connectivity index (χ1) is 14.0. The number of aromatic nitrogens is 1. The molecule has 29 heavy (non-hydrogen) atoms. The molecule has 1 spiro atoms. The van der Waals surface area contributed by atoms with Crippen LogP contribution < -0.4 is 16.0 Å². The quantitative estimate of drug-likeness (QED) is 0.723. The van der Waals surface area contributed by atoms with Crippen LogP contribution in [0, 0.1) is 17.3 Å². The van der Waals surface area contributed by atoms with Crippen molar-refractivity contribution < 1.29 is 9.59 Å². The van der Waals surface area contributed by atoms with Crippen LogP contribution >= 0.6 is 0 Å². The summed E-state index contributed by atoms with van der Waals surface area (Å²) >= 11 is 0. The number of fused-ring (bicyclic) bond motifs is 3. The Labute approximate surface area is 172 Å². The molecule has 4 fully saturated rings. The number of nitrogens with zero attached hydrogens (tertiary/aromatic N) is 2. The van der Waals surface area contributed by atoms with Crippen LogP contribution in [0.3, 0.4) is 0 Å². The van der Waals surface area contributed by atoms with Crippen molar-refractivity contribution in [2.45, 2.75) is 51.1 Å². The minimum Gasteiger partial charge on any atom is -0.355 e. The third kappa shape index (κ3) is 3.19. The first kappa shape index (κ1) is 18.9.